The van der Waals surface area contributed by atoms with Gasteiger partial charge in [-0.2, -0.15) is 0 Å². The summed E-state index contributed by atoms with van der Waals surface area (Å²) < 4.78 is 4.95. The van der Waals surface area contributed by atoms with Crippen LogP contribution >= 0.6 is 11.6 Å². The van der Waals surface area contributed by atoms with Gasteiger partial charge < -0.3 is 14.7 Å². The van der Waals surface area contributed by atoms with Crippen molar-refractivity contribution in [2.75, 3.05) is 11.9 Å². The molecule has 0 spiro atoms. The van der Waals surface area contributed by atoms with Crippen LogP contribution in [0.4, 0.5) is 5.82 Å². The molecule has 0 radical (unpaired) electrons. The molecule has 1 aliphatic heterocycles. The number of aromatic nitrogens is 1. The lowest BCUT2D eigenvalue weighted by atomic mass is 10.1. The van der Waals surface area contributed by atoms with Crippen LogP contribution in [-0.2, 0) is 16.0 Å². The van der Waals surface area contributed by atoms with E-state index in [1.807, 2.05) is 24.3 Å². The van der Waals surface area contributed by atoms with Gasteiger partial charge in [0.25, 0.3) is 0 Å². The molecule has 0 saturated carbocycles. The molecule has 138 valence electrons. The summed E-state index contributed by atoms with van der Waals surface area (Å²) in [6, 6.07) is 8.86. The van der Waals surface area contributed by atoms with Crippen LogP contribution in [0.3, 0.4) is 0 Å². The molecule has 0 bridgehead atoms. The van der Waals surface area contributed by atoms with Gasteiger partial charge in [-0.1, -0.05) is 35.0 Å². The number of amides is 2. The molecule has 1 fully saturated rings. The van der Waals surface area contributed by atoms with E-state index in [0.717, 1.165) is 23.4 Å². The number of rotatable bonds is 6. The van der Waals surface area contributed by atoms with Gasteiger partial charge in [-0.3, -0.25) is 9.59 Å². The lowest BCUT2D eigenvalue weighted by molar-refractivity contribution is -0.136. The molecular formula is C19H22ClN3O3. The molecule has 0 aliphatic carbocycles. The summed E-state index contributed by atoms with van der Waals surface area (Å²) in [6.45, 7) is 2.37. The van der Waals surface area contributed by atoms with E-state index in [4.69, 9.17) is 16.1 Å². The van der Waals surface area contributed by atoms with Crippen molar-refractivity contribution < 1.29 is 14.1 Å². The summed E-state index contributed by atoms with van der Waals surface area (Å²) in [5, 5.41) is 7.21. The summed E-state index contributed by atoms with van der Waals surface area (Å²) in [4.78, 5) is 26.7. The van der Waals surface area contributed by atoms with Crippen LogP contribution < -0.4 is 5.32 Å². The summed E-state index contributed by atoms with van der Waals surface area (Å²) in [6.07, 6.45) is 3.34. The Morgan fingerprint density at radius 1 is 1.38 bits per heavy atom. The maximum atomic E-state index is 12.6. The fourth-order valence-electron chi connectivity index (χ4n) is 3.25. The highest BCUT2D eigenvalue weighted by molar-refractivity contribution is 6.31. The number of halogens is 1. The number of nitrogens with zero attached hydrogens (tertiary/aromatic N) is 2. The zero-order valence-corrected chi connectivity index (χ0v) is 15.5. The molecule has 2 amide bonds. The third-order valence-electron chi connectivity index (χ3n) is 4.55. The van der Waals surface area contributed by atoms with Gasteiger partial charge in [0.05, 0.1) is 0 Å². The molecule has 1 atom stereocenters. The fraction of sp³-hybridized carbons (Fsp3) is 0.421. The first-order valence-corrected chi connectivity index (χ1v) is 9.19. The maximum Gasteiger partial charge on any atom is 0.248 e. The lowest BCUT2D eigenvalue weighted by Crippen LogP contribution is -2.43. The van der Waals surface area contributed by atoms with E-state index in [0.29, 0.717) is 37.4 Å². The molecule has 7 heteroatoms. The van der Waals surface area contributed by atoms with E-state index >= 15 is 0 Å². The van der Waals surface area contributed by atoms with Gasteiger partial charge in [0.2, 0.25) is 11.8 Å². The summed E-state index contributed by atoms with van der Waals surface area (Å²) in [5.41, 5.74) is 1.04. The van der Waals surface area contributed by atoms with E-state index < -0.39 is 6.04 Å². The van der Waals surface area contributed by atoms with Gasteiger partial charge in [-0.05, 0) is 44.2 Å². The molecule has 2 aromatic rings. The smallest absolute Gasteiger partial charge is 0.248 e. The zero-order chi connectivity index (χ0) is 18.5. The summed E-state index contributed by atoms with van der Waals surface area (Å²) in [5.74, 6) is 0.797. The van der Waals surface area contributed by atoms with Gasteiger partial charge >= 0.3 is 0 Å². The Bertz CT molecular complexity index is 790. The van der Waals surface area contributed by atoms with Crippen LogP contribution in [0.25, 0.3) is 0 Å². The maximum absolute atomic E-state index is 12.6. The van der Waals surface area contributed by atoms with Crippen molar-refractivity contribution in [1.82, 2.24) is 10.1 Å². The minimum atomic E-state index is -0.445. The molecule has 26 heavy (non-hydrogen) atoms. The average molecular weight is 376 g/mol. The topological polar surface area (TPSA) is 75.4 Å². The quantitative estimate of drug-likeness (QED) is 0.837. The lowest BCUT2D eigenvalue weighted by Gasteiger charge is -2.23. The van der Waals surface area contributed by atoms with E-state index in [-0.39, 0.29) is 11.8 Å². The van der Waals surface area contributed by atoms with Crippen molar-refractivity contribution in [1.29, 1.82) is 0 Å². The Morgan fingerprint density at radius 3 is 2.92 bits per heavy atom. The fourth-order valence-corrected chi connectivity index (χ4v) is 3.48. The van der Waals surface area contributed by atoms with Crippen LogP contribution in [-0.4, -0.2) is 34.5 Å². The van der Waals surface area contributed by atoms with Crippen molar-refractivity contribution in [2.45, 2.75) is 45.1 Å². The van der Waals surface area contributed by atoms with Crippen molar-refractivity contribution in [3.63, 3.8) is 0 Å². The molecule has 1 aliphatic rings. The first kappa shape index (κ1) is 18.5. The Balaban J connectivity index is 1.52. The highest BCUT2D eigenvalue weighted by Crippen LogP contribution is 2.22. The van der Waals surface area contributed by atoms with E-state index in [9.17, 15) is 9.59 Å². The molecule has 1 unspecified atom stereocenters. The van der Waals surface area contributed by atoms with Gasteiger partial charge in [0.1, 0.15) is 11.8 Å². The number of hydrogen-bond donors (Lipinski definition) is 1. The number of likely N-dealkylation sites (tertiary alicyclic amines) is 1. The van der Waals surface area contributed by atoms with Crippen LogP contribution in [0, 0.1) is 6.92 Å². The summed E-state index contributed by atoms with van der Waals surface area (Å²) in [7, 11) is 0. The predicted molar refractivity (Wildman–Crippen MR) is 99.0 cm³/mol. The number of nitrogens with one attached hydrogen (secondary N) is 1. The largest absolute Gasteiger partial charge is 0.360 e. The number of anilines is 1. The van der Waals surface area contributed by atoms with Crippen molar-refractivity contribution in [3.8, 4) is 0 Å². The molecule has 6 nitrogen and oxygen atoms in total. The molecular weight excluding hydrogens is 354 g/mol. The number of aryl methyl sites for hydroxylation is 2. The molecule has 1 aromatic carbocycles. The Kier molecular flexibility index (Phi) is 5.93. The van der Waals surface area contributed by atoms with E-state index in [2.05, 4.69) is 10.5 Å². The van der Waals surface area contributed by atoms with Crippen molar-refractivity contribution >= 4 is 29.2 Å². The SMILES string of the molecule is Cc1cc(NC(=O)C2CCCN2C(=O)CCCc2ccccc2Cl)no1. The Labute approximate surface area is 157 Å². The molecule has 2 heterocycles. The number of hydrogen-bond acceptors (Lipinski definition) is 4. The highest BCUT2D eigenvalue weighted by Gasteiger charge is 2.34. The van der Waals surface area contributed by atoms with Crippen molar-refractivity contribution in [3.05, 3.63) is 46.7 Å². The first-order chi connectivity index (χ1) is 12.5. The number of benzene rings is 1. The summed E-state index contributed by atoms with van der Waals surface area (Å²) >= 11 is 6.15. The third kappa shape index (κ3) is 4.43. The first-order valence-electron chi connectivity index (χ1n) is 8.81. The highest BCUT2D eigenvalue weighted by atomic mass is 35.5. The Hall–Kier alpha value is -2.34. The number of carbonyl (C=O) groups is 2. The predicted octanol–water partition coefficient (Wildman–Crippen LogP) is 3.59. The second-order valence-electron chi connectivity index (χ2n) is 6.50. The van der Waals surface area contributed by atoms with Gasteiger partial charge in [0, 0.05) is 24.1 Å². The van der Waals surface area contributed by atoms with Crippen molar-refractivity contribution in [2.24, 2.45) is 0 Å². The standard InChI is InChI=1S/C19H22ClN3O3/c1-13-12-17(22-26-13)21-19(25)16-9-5-11-23(16)18(24)10-4-7-14-6-2-3-8-15(14)20/h2-3,6,8,12,16H,4-5,7,9-11H2,1H3,(H,21,22,25). The van der Waals surface area contributed by atoms with Crippen LogP contribution in [0.2, 0.25) is 5.02 Å². The minimum absolute atomic E-state index is 0.00559. The second-order valence-corrected chi connectivity index (χ2v) is 6.91. The minimum Gasteiger partial charge on any atom is -0.360 e. The molecule has 3 rings (SSSR count). The van der Waals surface area contributed by atoms with E-state index in [1.54, 1.807) is 17.9 Å². The Morgan fingerprint density at radius 2 is 2.19 bits per heavy atom. The average Bonchev–Trinajstić information content (AvgIpc) is 3.25. The molecule has 1 aromatic heterocycles. The van der Waals surface area contributed by atoms with Gasteiger partial charge in [-0.15, -0.1) is 0 Å². The monoisotopic (exact) mass is 375 g/mol. The van der Waals surface area contributed by atoms with Gasteiger partial charge in [0.15, 0.2) is 5.82 Å². The molecule has 1 saturated heterocycles. The zero-order valence-electron chi connectivity index (χ0n) is 14.7. The van der Waals surface area contributed by atoms with Crippen LogP contribution in [0.15, 0.2) is 34.9 Å². The number of carbonyl (C=O) groups excluding carboxylic acids is 2. The molecule has 1 N–H and O–H groups in total. The third-order valence-corrected chi connectivity index (χ3v) is 4.92. The van der Waals surface area contributed by atoms with E-state index in [1.165, 1.54) is 0 Å². The van der Waals surface area contributed by atoms with Gasteiger partial charge in [-0.25, -0.2) is 0 Å². The second kappa shape index (κ2) is 8.36. The van der Waals surface area contributed by atoms with Crippen LogP contribution in [0.5, 0.6) is 0 Å². The van der Waals surface area contributed by atoms with Crippen LogP contribution in [0.1, 0.15) is 37.0 Å². The normalized spacial score (nSPS) is 16.7.